The van der Waals surface area contributed by atoms with Gasteiger partial charge in [0.05, 0.1) is 29.2 Å². The van der Waals surface area contributed by atoms with Gasteiger partial charge in [-0.15, -0.1) is 0 Å². The first-order chi connectivity index (χ1) is 16.1. The highest BCUT2D eigenvalue weighted by Gasteiger charge is 2.27. The molecular formula is C23H19F2N7S. The normalized spacial score (nSPS) is 14.5. The molecule has 4 aromatic rings. The first kappa shape index (κ1) is 21.4. The van der Waals surface area contributed by atoms with Crippen molar-refractivity contribution in [3.63, 3.8) is 0 Å². The summed E-state index contributed by atoms with van der Waals surface area (Å²) in [5.74, 6) is 1.02. The standard InChI is InChI=1S/C23H19F2N7S/c1-13(22(24)25)31-33-16-4-5-19(29-11-16)21-18(9-26)17-8-15(14-2-3-14)10-30-23(17)32(21)20-12-27-6-7-28-20/h4-8,10-14,22,31H,2-3H2,1H3. The van der Waals surface area contributed by atoms with Gasteiger partial charge in [-0.05, 0) is 61.4 Å². The minimum Gasteiger partial charge on any atom is -0.274 e. The minimum absolute atomic E-state index is 0.461. The molecule has 0 spiro atoms. The van der Waals surface area contributed by atoms with Crippen molar-refractivity contribution in [1.82, 2.24) is 29.2 Å². The molecule has 10 heteroatoms. The molecule has 0 aromatic carbocycles. The fraction of sp³-hybridized carbons (Fsp3) is 0.261. The zero-order chi connectivity index (χ0) is 22.9. The van der Waals surface area contributed by atoms with Gasteiger partial charge in [0, 0.05) is 35.1 Å². The lowest BCUT2D eigenvalue weighted by Crippen LogP contribution is -2.26. The maximum absolute atomic E-state index is 12.7. The summed E-state index contributed by atoms with van der Waals surface area (Å²) in [7, 11) is 0. The number of pyridine rings is 2. The Morgan fingerprint density at radius 1 is 1.15 bits per heavy atom. The van der Waals surface area contributed by atoms with Gasteiger partial charge in [0.1, 0.15) is 11.7 Å². The molecule has 33 heavy (non-hydrogen) atoms. The summed E-state index contributed by atoms with van der Waals surface area (Å²) in [6, 6.07) is 6.96. The quantitative estimate of drug-likeness (QED) is 0.391. The molecule has 4 heterocycles. The van der Waals surface area contributed by atoms with E-state index in [1.807, 2.05) is 12.3 Å². The summed E-state index contributed by atoms with van der Waals surface area (Å²) in [5.41, 5.74) is 3.32. The number of nitrogens with one attached hydrogen (secondary N) is 1. The van der Waals surface area contributed by atoms with E-state index in [1.54, 1.807) is 41.5 Å². The summed E-state index contributed by atoms with van der Waals surface area (Å²) < 4.78 is 30.0. The van der Waals surface area contributed by atoms with Gasteiger partial charge in [0.15, 0.2) is 5.82 Å². The molecule has 1 fully saturated rings. The van der Waals surface area contributed by atoms with E-state index in [-0.39, 0.29) is 0 Å². The fourth-order valence-electron chi connectivity index (χ4n) is 3.60. The number of alkyl halides is 2. The third kappa shape index (κ3) is 4.17. The lowest BCUT2D eigenvalue weighted by Gasteiger charge is -2.12. The third-order valence-electron chi connectivity index (χ3n) is 5.49. The first-order valence-corrected chi connectivity index (χ1v) is 11.3. The predicted octanol–water partition coefficient (Wildman–Crippen LogP) is 4.88. The molecule has 0 amide bonds. The summed E-state index contributed by atoms with van der Waals surface area (Å²) in [5, 5.41) is 10.8. The molecule has 0 radical (unpaired) electrons. The number of nitriles is 1. The van der Waals surface area contributed by atoms with Crippen molar-refractivity contribution in [2.75, 3.05) is 0 Å². The van der Waals surface area contributed by atoms with Crippen LogP contribution < -0.4 is 4.72 Å². The lowest BCUT2D eigenvalue weighted by molar-refractivity contribution is 0.117. The first-order valence-electron chi connectivity index (χ1n) is 10.4. The van der Waals surface area contributed by atoms with E-state index in [4.69, 9.17) is 0 Å². The van der Waals surface area contributed by atoms with E-state index in [2.05, 4.69) is 30.7 Å². The Labute approximate surface area is 193 Å². The summed E-state index contributed by atoms with van der Waals surface area (Å²) in [6.45, 7) is 1.42. The molecule has 1 saturated carbocycles. The number of hydrogen-bond acceptors (Lipinski definition) is 7. The van der Waals surface area contributed by atoms with Gasteiger partial charge >= 0.3 is 0 Å². The van der Waals surface area contributed by atoms with Gasteiger partial charge < -0.3 is 0 Å². The Hall–Kier alpha value is -3.42. The number of rotatable bonds is 7. The van der Waals surface area contributed by atoms with Crippen molar-refractivity contribution in [3.05, 3.63) is 60.3 Å². The van der Waals surface area contributed by atoms with E-state index in [0.717, 1.165) is 35.7 Å². The van der Waals surface area contributed by atoms with E-state index >= 15 is 0 Å². The van der Waals surface area contributed by atoms with Gasteiger partial charge in [0.25, 0.3) is 6.43 Å². The third-order valence-corrected chi connectivity index (χ3v) is 6.45. The number of hydrogen-bond donors (Lipinski definition) is 1. The van der Waals surface area contributed by atoms with Crippen LogP contribution in [0.1, 0.15) is 36.8 Å². The number of fused-ring (bicyclic) bond motifs is 1. The second kappa shape index (κ2) is 8.84. The Kier molecular flexibility index (Phi) is 5.74. The van der Waals surface area contributed by atoms with Crippen LogP contribution in [0.5, 0.6) is 0 Å². The van der Waals surface area contributed by atoms with Gasteiger partial charge in [-0.3, -0.25) is 19.3 Å². The molecular weight excluding hydrogens is 444 g/mol. The molecule has 5 rings (SSSR count). The maximum atomic E-state index is 12.7. The molecule has 7 nitrogen and oxygen atoms in total. The van der Waals surface area contributed by atoms with E-state index in [0.29, 0.717) is 39.2 Å². The molecule has 1 atom stereocenters. The number of halogens is 2. The van der Waals surface area contributed by atoms with Gasteiger partial charge in [0.2, 0.25) is 0 Å². The summed E-state index contributed by atoms with van der Waals surface area (Å²) >= 11 is 1.09. The smallest absolute Gasteiger partial charge is 0.254 e. The fourth-order valence-corrected chi connectivity index (χ4v) is 4.27. The van der Waals surface area contributed by atoms with Crippen LogP contribution in [0.2, 0.25) is 0 Å². The Balaban J connectivity index is 1.61. The number of nitrogens with zero attached hydrogens (tertiary/aromatic N) is 6. The van der Waals surface area contributed by atoms with Crippen LogP contribution in [0.15, 0.2) is 54.1 Å². The molecule has 0 bridgehead atoms. The highest BCUT2D eigenvalue weighted by atomic mass is 32.2. The van der Waals surface area contributed by atoms with Crippen molar-refractivity contribution >= 4 is 23.0 Å². The maximum Gasteiger partial charge on any atom is 0.254 e. The molecule has 1 N–H and O–H groups in total. The summed E-state index contributed by atoms with van der Waals surface area (Å²) in [4.78, 5) is 18.5. The SMILES string of the molecule is CC(NSc1ccc(-c2c(C#N)c3cc(C4CC4)cnc3n2-c2cnccn2)nc1)C(F)F. The molecule has 4 aromatic heterocycles. The predicted molar refractivity (Wildman–Crippen MR) is 121 cm³/mol. The zero-order valence-electron chi connectivity index (χ0n) is 17.6. The molecule has 1 aliphatic rings. The van der Waals surface area contributed by atoms with Crippen LogP contribution in [0.3, 0.4) is 0 Å². The average Bonchev–Trinajstić information content (AvgIpc) is 3.64. The second-order valence-corrected chi connectivity index (χ2v) is 8.78. The monoisotopic (exact) mass is 463 g/mol. The number of aromatic nitrogens is 5. The minimum atomic E-state index is -2.46. The van der Waals surface area contributed by atoms with Crippen molar-refractivity contribution in [1.29, 1.82) is 5.26 Å². The van der Waals surface area contributed by atoms with Gasteiger partial charge in [-0.25, -0.2) is 18.7 Å². The molecule has 0 saturated heterocycles. The van der Waals surface area contributed by atoms with Gasteiger partial charge in [-0.1, -0.05) is 0 Å². The lowest BCUT2D eigenvalue weighted by atomic mass is 10.1. The summed E-state index contributed by atoms with van der Waals surface area (Å²) in [6.07, 6.45) is 8.03. The van der Waals surface area contributed by atoms with Crippen LogP contribution >= 0.6 is 11.9 Å². The highest BCUT2D eigenvalue weighted by molar-refractivity contribution is 7.97. The Bertz CT molecular complexity index is 1330. The van der Waals surface area contributed by atoms with Crippen molar-refractivity contribution in [2.45, 2.75) is 43.0 Å². The Morgan fingerprint density at radius 3 is 2.64 bits per heavy atom. The molecule has 1 aliphatic carbocycles. The van der Waals surface area contributed by atoms with E-state index in [9.17, 15) is 14.0 Å². The van der Waals surface area contributed by atoms with Gasteiger partial charge in [-0.2, -0.15) is 5.26 Å². The van der Waals surface area contributed by atoms with Crippen LogP contribution in [0, 0.1) is 11.3 Å². The van der Waals surface area contributed by atoms with Crippen LogP contribution in [-0.4, -0.2) is 37.0 Å². The molecule has 0 aliphatic heterocycles. The molecule has 1 unspecified atom stereocenters. The van der Waals surface area contributed by atoms with Crippen LogP contribution in [0.4, 0.5) is 8.78 Å². The van der Waals surface area contributed by atoms with E-state index in [1.165, 1.54) is 6.92 Å². The highest BCUT2D eigenvalue weighted by Crippen LogP contribution is 2.42. The second-order valence-electron chi connectivity index (χ2n) is 7.87. The topological polar surface area (TPSA) is 92.3 Å². The van der Waals surface area contributed by atoms with E-state index < -0.39 is 12.5 Å². The van der Waals surface area contributed by atoms with Crippen molar-refractivity contribution < 1.29 is 8.78 Å². The Morgan fingerprint density at radius 2 is 2.00 bits per heavy atom. The molecule has 166 valence electrons. The van der Waals surface area contributed by atoms with Crippen molar-refractivity contribution in [2.24, 2.45) is 0 Å². The zero-order valence-corrected chi connectivity index (χ0v) is 18.4. The van der Waals surface area contributed by atoms with Crippen molar-refractivity contribution in [3.8, 4) is 23.3 Å². The van der Waals surface area contributed by atoms with Crippen LogP contribution in [-0.2, 0) is 0 Å². The van der Waals surface area contributed by atoms with Crippen LogP contribution in [0.25, 0.3) is 28.2 Å². The average molecular weight is 464 g/mol. The largest absolute Gasteiger partial charge is 0.274 e.